The molecule has 8 heteroatoms. The highest BCUT2D eigenvalue weighted by Crippen LogP contribution is 2.25. The molecule has 184 valence electrons. The summed E-state index contributed by atoms with van der Waals surface area (Å²) in [6, 6.07) is 30.2. The molecule has 4 aromatic rings. The lowest BCUT2D eigenvalue weighted by atomic mass is 10.2. The molecule has 0 aliphatic carbocycles. The van der Waals surface area contributed by atoms with Gasteiger partial charge >= 0.3 is 0 Å². The van der Waals surface area contributed by atoms with E-state index < -0.39 is 10.0 Å². The van der Waals surface area contributed by atoms with E-state index in [1.54, 1.807) is 84.6 Å². The fraction of sp³-hybridized carbons (Fsp3) is 0.107. The first-order valence-corrected chi connectivity index (χ1v) is 13.8. The SMILES string of the molecule is CSc1ccc(S(=O)(=O)N(C)c2ccc(C(=O)Nc3ccc(OCc4ccccc4)cc3)cc2)cc1. The second-order valence-corrected chi connectivity index (χ2v) is 10.8. The average Bonchev–Trinajstić information content (AvgIpc) is 2.93. The Morgan fingerprint density at radius 3 is 2.11 bits per heavy atom. The van der Waals surface area contributed by atoms with E-state index in [4.69, 9.17) is 4.74 Å². The van der Waals surface area contributed by atoms with Crippen molar-refractivity contribution in [3.63, 3.8) is 0 Å². The molecule has 1 amide bonds. The molecule has 1 N–H and O–H groups in total. The van der Waals surface area contributed by atoms with Crippen LogP contribution >= 0.6 is 11.8 Å². The summed E-state index contributed by atoms with van der Waals surface area (Å²) in [6.07, 6.45) is 1.93. The molecule has 0 unspecified atom stereocenters. The fourth-order valence-electron chi connectivity index (χ4n) is 3.45. The van der Waals surface area contributed by atoms with Gasteiger partial charge in [0.25, 0.3) is 15.9 Å². The molecule has 0 aromatic heterocycles. The highest BCUT2D eigenvalue weighted by atomic mass is 32.2. The Bertz CT molecular complexity index is 1410. The first-order chi connectivity index (χ1) is 17.4. The summed E-state index contributed by atoms with van der Waals surface area (Å²) in [7, 11) is -2.22. The Balaban J connectivity index is 1.37. The number of rotatable bonds is 9. The Morgan fingerprint density at radius 1 is 0.861 bits per heavy atom. The summed E-state index contributed by atoms with van der Waals surface area (Å²) in [6.45, 7) is 0.464. The van der Waals surface area contributed by atoms with Crippen LogP contribution in [0.1, 0.15) is 15.9 Å². The van der Waals surface area contributed by atoms with Crippen molar-refractivity contribution >= 4 is 39.1 Å². The molecule has 6 nitrogen and oxygen atoms in total. The van der Waals surface area contributed by atoms with Crippen molar-refractivity contribution in [3.8, 4) is 5.75 Å². The normalized spacial score (nSPS) is 11.1. The molecule has 0 radical (unpaired) electrons. The van der Waals surface area contributed by atoms with Crippen LogP contribution in [0.25, 0.3) is 0 Å². The third kappa shape index (κ3) is 6.08. The standard InChI is InChI=1S/C28H26N2O4S2/c1-30(36(32,33)27-18-16-26(35-2)17-19-27)24-12-8-22(9-13-24)28(31)29-23-10-14-25(15-11-23)34-20-21-6-4-3-5-7-21/h3-19H,20H2,1-2H3,(H,29,31). The lowest BCUT2D eigenvalue weighted by molar-refractivity contribution is 0.102. The van der Waals surface area contributed by atoms with Crippen molar-refractivity contribution in [2.24, 2.45) is 0 Å². The van der Waals surface area contributed by atoms with Gasteiger partial charge in [-0.3, -0.25) is 9.10 Å². The van der Waals surface area contributed by atoms with Crippen molar-refractivity contribution in [1.29, 1.82) is 0 Å². The molecule has 4 rings (SSSR count). The minimum atomic E-state index is -3.71. The van der Waals surface area contributed by atoms with Crippen LogP contribution < -0.4 is 14.4 Å². The number of thioether (sulfide) groups is 1. The van der Waals surface area contributed by atoms with Crippen LogP contribution in [0.2, 0.25) is 0 Å². The molecule has 0 spiro atoms. The van der Waals surface area contributed by atoms with Gasteiger partial charge in [0.15, 0.2) is 0 Å². The van der Waals surface area contributed by atoms with E-state index >= 15 is 0 Å². The summed E-state index contributed by atoms with van der Waals surface area (Å²) in [5.41, 5.74) is 2.58. The molecule has 0 fully saturated rings. The van der Waals surface area contributed by atoms with E-state index in [1.807, 2.05) is 36.6 Å². The zero-order valence-electron chi connectivity index (χ0n) is 19.9. The van der Waals surface area contributed by atoms with Crippen molar-refractivity contribution in [1.82, 2.24) is 0 Å². The number of sulfonamides is 1. The van der Waals surface area contributed by atoms with Gasteiger partial charge in [-0.25, -0.2) is 8.42 Å². The molecule has 0 heterocycles. The van der Waals surface area contributed by atoms with Crippen LogP contribution in [0.5, 0.6) is 5.75 Å². The molecule has 0 aliphatic rings. The van der Waals surface area contributed by atoms with Gasteiger partial charge in [0, 0.05) is 23.2 Å². The highest BCUT2D eigenvalue weighted by molar-refractivity contribution is 7.98. The minimum absolute atomic E-state index is 0.209. The maximum absolute atomic E-state index is 13.0. The quantitative estimate of drug-likeness (QED) is 0.272. The van der Waals surface area contributed by atoms with E-state index in [2.05, 4.69) is 5.32 Å². The predicted octanol–water partition coefficient (Wildman–Crippen LogP) is 6.06. The van der Waals surface area contributed by atoms with E-state index in [9.17, 15) is 13.2 Å². The first-order valence-electron chi connectivity index (χ1n) is 11.2. The largest absolute Gasteiger partial charge is 0.489 e. The average molecular weight is 519 g/mol. The molecule has 4 aromatic carbocycles. The number of nitrogens with zero attached hydrogens (tertiary/aromatic N) is 1. The van der Waals surface area contributed by atoms with Crippen LogP contribution in [-0.4, -0.2) is 27.6 Å². The summed E-state index contributed by atoms with van der Waals surface area (Å²) in [5.74, 6) is 0.409. The first kappa shape index (κ1) is 25.3. The summed E-state index contributed by atoms with van der Waals surface area (Å²) in [4.78, 5) is 13.9. The number of benzene rings is 4. The summed E-state index contributed by atoms with van der Waals surface area (Å²) >= 11 is 1.55. The second kappa shape index (κ2) is 11.3. The number of hydrogen-bond donors (Lipinski definition) is 1. The van der Waals surface area contributed by atoms with Crippen LogP contribution in [0.4, 0.5) is 11.4 Å². The zero-order valence-corrected chi connectivity index (χ0v) is 21.6. The topological polar surface area (TPSA) is 75.7 Å². The number of amides is 1. The summed E-state index contributed by atoms with van der Waals surface area (Å²) < 4.78 is 32.9. The van der Waals surface area contributed by atoms with Gasteiger partial charge in [-0.1, -0.05) is 30.3 Å². The van der Waals surface area contributed by atoms with Gasteiger partial charge < -0.3 is 10.1 Å². The lowest BCUT2D eigenvalue weighted by Gasteiger charge is -2.20. The molecule has 36 heavy (non-hydrogen) atoms. The Labute approximate surface area is 216 Å². The molecular formula is C28H26N2O4S2. The number of hydrogen-bond acceptors (Lipinski definition) is 5. The monoisotopic (exact) mass is 518 g/mol. The van der Waals surface area contributed by atoms with Gasteiger partial charge in [0.05, 0.1) is 10.6 Å². The molecule has 0 saturated heterocycles. The predicted molar refractivity (Wildman–Crippen MR) is 145 cm³/mol. The lowest BCUT2D eigenvalue weighted by Crippen LogP contribution is -2.26. The van der Waals surface area contributed by atoms with Crippen molar-refractivity contribution in [2.75, 3.05) is 22.9 Å². The van der Waals surface area contributed by atoms with Crippen LogP contribution in [0, 0.1) is 0 Å². The third-order valence-corrected chi connectivity index (χ3v) is 8.11. The van der Waals surface area contributed by atoms with Crippen LogP contribution in [-0.2, 0) is 16.6 Å². The molecular weight excluding hydrogens is 492 g/mol. The second-order valence-electron chi connectivity index (χ2n) is 7.95. The Kier molecular flexibility index (Phi) is 7.97. The molecule has 0 bridgehead atoms. The zero-order chi connectivity index (χ0) is 25.5. The Morgan fingerprint density at radius 2 is 1.50 bits per heavy atom. The summed E-state index contributed by atoms with van der Waals surface area (Å²) in [5, 5.41) is 2.85. The van der Waals surface area contributed by atoms with E-state index in [0.717, 1.165) is 10.5 Å². The molecule has 0 aliphatic heterocycles. The maximum Gasteiger partial charge on any atom is 0.264 e. The number of anilines is 2. The number of nitrogens with one attached hydrogen (secondary N) is 1. The van der Waals surface area contributed by atoms with E-state index in [1.165, 1.54) is 11.4 Å². The fourth-order valence-corrected chi connectivity index (χ4v) is 5.05. The minimum Gasteiger partial charge on any atom is -0.489 e. The van der Waals surface area contributed by atoms with Gasteiger partial charge in [-0.15, -0.1) is 11.8 Å². The van der Waals surface area contributed by atoms with Gasteiger partial charge in [0.2, 0.25) is 0 Å². The van der Waals surface area contributed by atoms with Gasteiger partial charge in [-0.2, -0.15) is 0 Å². The van der Waals surface area contributed by atoms with Gasteiger partial charge in [0.1, 0.15) is 12.4 Å². The third-order valence-electron chi connectivity index (χ3n) is 5.57. The highest BCUT2D eigenvalue weighted by Gasteiger charge is 2.21. The van der Waals surface area contributed by atoms with Crippen molar-refractivity contribution in [3.05, 3.63) is 114 Å². The number of carbonyl (C=O) groups excluding carboxylic acids is 1. The van der Waals surface area contributed by atoms with Crippen LogP contribution in [0.3, 0.4) is 0 Å². The van der Waals surface area contributed by atoms with Gasteiger partial charge in [-0.05, 0) is 84.6 Å². The van der Waals surface area contributed by atoms with Crippen LogP contribution in [0.15, 0.2) is 113 Å². The number of carbonyl (C=O) groups is 1. The smallest absolute Gasteiger partial charge is 0.264 e. The molecule has 0 atom stereocenters. The maximum atomic E-state index is 13.0. The van der Waals surface area contributed by atoms with Crippen molar-refractivity contribution < 1.29 is 17.9 Å². The molecule has 0 saturated carbocycles. The van der Waals surface area contributed by atoms with E-state index in [-0.39, 0.29) is 10.8 Å². The van der Waals surface area contributed by atoms with Crippen molar-refractivity contribution in [2.45, 2.75) is 16.4 Å². The number of ether oxygens (including phenoxy) is 1. The Hall–Kier alpha value is -3.75. The van der Waals surface area contributed by atoms with E-state index in [0.29, 0.717) is 29.3 Å².